The zero-order valence-electron chi connectivity index (χ0n) is 18.6. The van der Waals surface area contributed by atoms with Gasteiger partial charge in [-0.1, -0.05) is 30.3 Å². The number of rotatable bonds is 5. The molecular weight excluding hydrogens is 408 g/mol. The van der Waals surface area contributed by atoms with E-state index in [4.69, 9.17) is 0 Å². The highest BCUT2D eigenvalue weighted by Gasteiger charge is 2.23. The molecule has 1 N–H and O–H groups in total. The molecule has 1 unspecified atom stereocenters. The predicted molar refractivity (Wildman–Crippen MR) is 123 cm³/mol. The molecule has 1 aliphatic rings. The maximum absolute atomic E-state index is 13.1. The van der Waals surface area contributed by atoms with Crippen LogP contribution in [0.25, 0.3) is 11.0 Å². The molecule has 168 valence electrons. The largest absolute Gasteiger partial charge is 0.343 e. The maximum Gasteiger partial charge on any atom is 0.332 e. The molecule has 0 bridgehead atoms. The Balaban J connectivity index is 1.62. The van der Waals surface area contributed by atoms with Gasteiger partial charge < -0.3 is 10.2 Å². The van der Waals surface area contributed by atoms with Crippen molar-refractivity contribution in [3.05, 3.63) is 74.6 Å². The van der Waals surface area contributed by atoms with Gasteiger partial charge in [0.2, 0.25) is 0 Å². The van der Waals surface area contributed by atoms with Gasteiger partial charge in [0.15, 0.2) is 0 Å². The smallest absolute Gasteiger partial charge is 0.332 e. The third kappa shape index (κ3) is 4.35. The fraction of sp³-hybridized carbons (Fsp3) is 0.391. The number of carbonyl (C=O) groups excluding carboxylic acids is 1. The molecule has 0 radical (unpaired) electrons. The Labute approximate surface area is 185 Å². The number of hydrogen-bond donors (Lipinski definition) is 1. The van der Waals surface area contributed by atoms with E-state index < -0.39 is 11.2 Å². The first-order valence-corrected chi connectivity index (χ1v) is 10.7. The van der Waals surface area contributed by atoms with Crippen molar-refractivity contribution in [2.75, 3.05) is 39.8 Å². The van der Waals surface area contributed by atoms with Crippen molar-refractivity contribution in [3.63, 3.8) is 0 Å². The van der Waals surface area contributed by atoms with Gasteiger partial charge in [0.1, 0.15) is 11.3 Å². The second kappa shape index (κ2) is 9.05. The van der Waals surface area contributed by atoms with Crippen LogP contribution in [0.1, 0.15) is 22.1 Å². The first-order valence-electron chi connectivity index (χ1n) is 10.7. The van der Waals surface area contributed by atoms with Crippen molar-refractivity contribution >= 4 is 16.9 Å². The molecule has 3 aromatic rings. The Morgan fingerprint density at radius 1 is 0.969 bits per heavy atom. The van der Waals surface area contributed by atoms with Gasteiger partial charge in [0.25, 0.3) is 11.5 Å². The van der Waals surface area contributed by atoms with Crippen molar-refractivity contribution in [1.82, 2.24) is 29.2 Å². The van der Waals surface area contributed by atoms with Crippen LogP contribution < -0.4 is 16.6 Å². The number of nitrogens with one attached hydrogen (secondary N) is 1. The molecule has 1 aromatic carbocycles. The van der Waals surface area contributed by atoms with Crippen LogP contribution in [0, 0.1) is 0 Å². The van der Waals surface area contributed by atoms with E-state index in [0.29, 0.717) is 11.9 Å². The van der Waals surface area contributed by atoms with E-state index in [0.717, 1.165) is 36.3 Å². The predicted octanol–water partition coefficient (Wildman–Crippen LogP) is 0.351. The number of likely N-dealkylation sites (N-methyl/N-ethyl adjacent to an activating group) is 1. The summed E-state index contributed by atoms with van der Waals surface area (Å²) in [6, 6.07) is 12.7. The molecule has 1 aliphatic heterocycles. The lowest BCUT2D eigenvalue weighted by Crippen LogP contribution is -2.48. The first-order chi connectivity index (χ1) is 15.3. The van der Waals surface area contributed by atoms with Gasteiger partial charge in [-0.3, -0.25) is 23.6 Å². The number of carbonyl (C=O) groups is 1. The third-order valence-corrected chi connectivity index (χ3v) is 6.08. The summed E-state index contributed by atoms with van der Waals surface area (Å²) < 4.78 is 2.32. The van der Waals surface area contributed by atoms with E-state index >= 15 is 0 Å². The quantitative estimate of drug-likeness (QED) is 0.621. The number of fused-ring (bicyclic) bond motifs is 1. The lowest BCUT2D eigenvalue weighted by Gasteiger charge is -2.35. The van der Waals surface area contributed by atoms with Crippen molar-refractivity contribution < 1.29 is 4.79 Å². The number of aromatic nitrogens is 3. The van der Waals surface area contributed by atoms with Gasteiger partial charge in [0.05, 0.1) is 11.4 Å². The number of amides is 1. The van der Waals surface area contributed by atoms with E-state index in [1.165, 1.54) is 17.7 Å². The van der Waals surface area contributed by atoms with E-state index in [1.54, 1.807) is 13.1 Å². The zero-order chi connectivity index (χ0) is 22.8. The fourth-order valence-electron chi connectivity index (χ4n) is 4.02. The van der Waals surface area contributed by atoms with E-state index in [-0.39, 0.29) is 23.3 Å². The molecule has 3 heterocycles. The van der Waals surface area contributed by atoms with Gasteiger partial charge in [-0.05, 0) is 24.7 Å². The summed E-state index contributed by atoms with van der Waals surface area (Å²) in [5.74, 6) is -0.344. The van der Waals surface area contributed by atoms with Crippen LogP contribution in [0.5, 0.6) is 0 Å². The summed E-state index contributed by atoms with van der Waals surface area (Å²) in [5, 5.41) is 3.40. The van der Waals surface area contributed by atoms with Crippen LogP contribution in [0.3, 0.4) is 0 Å². The zero-order valence-corrected chi connectivity index (χ0v) is 18.6. The number of piperazine rings is 1. The van der Waals surface area contributed by atoms with E-state index in [1.807, 2.05) is 30.3 Å². The summed E-state index contributed by atoms with van der Waals surface area (Å²) >= 11 is 0. The van der Waals surface area contributed by atoms with Crippen LogP contribution >= 0.6 is 0 Å². The molecule has 0 spiro atoms. The molecule has 0 aliphatic carbocycles. The van der Waals surface area contributed by atoms with Crippen molar-refractivity contribution in [2.24, 2.45) is 14.1 Å². The molecule has 0 saturated carbocycles. The van der Waals surface area contributed by atoms with Gasteiger partial charge in [-0.25, -0.2) is 9.78 Å². The van der Waals surface area contributed by atoms with E-state index in [2.05, 4.69) is 27.1 Å². The Morgan fingerprint density at radius 2 is 1.66 bits per heavy atom. The normalized spacial score (nSPS) is 16.2. The summed E-state index contributed by atoms with van der Waals surface area (Å²) in [7, 11) is 5.08. The van der Waals surface area contributed by atoms with Crippen molar-refractivity contribution in [3.8, 4) is 0 Å². The summed E-state index contributed by atoms with van der Waals surface area (Å²) in [6.07, 6.45) is 0. The first kappa shape index (κ1) is 21.9. The maximum atomic E-state index is 13.1. The topological polar surface area (TPSA) is 92.5 Å². The average molecular weight is 437 g/mol. The van der Waals surface area contributed by atoms with Gasteiger partial charge in [-0.2, -0.15) is 0 Å². The van der Waals surface area contributed by atoms with Crippen LogP contribution in [0.2, 0.25) is 0 Å². The molecule has 1 amide bonds. The van der Waals surface area contributed by atoms with Crippen molar-refractivity contribution in [2.45, 2.75) is 6.04 Å². The summed E-state index contributed by atoms with van der Waals surface area (Å²) in [4.78, 5) is 46.8. The minimum atomic E-state index is -0.482. The molecule has 9 heteroatoms. The minimum absolute atomic E-state index is 0.167. The third-order valence-electron chi connectivity index (χ3n) is 6.08. The standard InChI is InChI=1S/C23H28N6O3/c1-26-11-13-29(14-12-26)15-19(16-7-5-4-6-8-16)25-21(30)18-10-9-17-20(24-18)27(2)23(32)28(3)22(17)31/h4-10,19H,11-15H2,1-3H3,(H,25,30). The van der Waals surface area contributed by atoms with Crippen LogP contribution in [-0.4, -0.2) is 69.6 Å². The number of aryl methyl sites for hydroxylation is 1. The lowest BCUT2D eigenvalue weighted by atomic mass is 10.1. The molecule has 32 heavy (non-hydrogen) atoms. The second-order valence-corrected chi connectivity index (χ2v) is 8.31. The Kier molecular flexibility index (Phi) is 6.20. The molecule has 4 rings (SSSR count). The second-order valence-electron chi connectivity index (χ2n) is 8.31. The summed E-state index contributed by atoms with van der Waals surface area (Å²) in [6.45, 7) is 4.55. The Hall–Kier alpha value is -3.30. The molecular formula is C23H28N6O3. The van der Waals surface area contributed by atoms with Crippen LogP contribution in [0.15, 0.2) is 52.1 Å². The minimum Gasteiger partial charge on any atom is -0.343 e. The van der Waals surface area contributed by atoms with Crippen molar-refractivity contribution in [1.29, 1.82) is 0 Å². The number of hydrogen-bond acceptors (Lipinski definition) is 6. The lowest BCUT2D eigenvalue weighted by molar-refractivity contribution is 0.0902. The Bertz CT molecular complexity index is 1240. The fourth-order valence-corrected chi connectivity index (χ4v) is 4.02. The highest BCUT2D eigenvalue weighted by atomic mass is 16.2. The van der Waals surface area contributed by atoms with Gasteiger partial charge >= 0.3 is 5.69 Å². The molecule has 1 fully saturated rings. The summed E-state index contributed by atoms with van der Waals surface area (Å²) in [5.41, 5.74) is 0.465. The number of benzene rings is 1. The SMILES string of the molecule is CN1CCN(CC(NC(=O)c2ccc3c(=O)n(C)c(=O)n(C)c3n2)c2ccccc2)CC1. The highest BCUT2D eigenvalue weighted by molar-refractivity contribution is 5.94. The van der Waals surface area contributed by atoms with E-state index in [9.17, 15) is 14.4 Å². The number of pyridine rings is 1. The van der Waals surface area contributed by atoms with Crippen LogP contribution in [-0.2, 0) is 14.1 Å². The molecule has 2 aromatic heterocycles. The molecule has 1 atom stereocenters. The van der Waals surface area contributed by atoms with Crippen LogP contribution in [0.4, 0.5) is 0 Å². The molecule has 1 saturated heterocycles. The van der Waals surface area contributed by atoms with Gasteiger partial charge in [-0.15, -0.1) is 0 Å². The number of nitrogens with zero attached hydrogens (tertiary/aromatic N) is 5. The average Bonchev–Trinajstić information content (AvgIpc) is 2.82. The van der Waals surface area contributed by atoms with Gasteiger partial charge in [0, 0.05) is 46.8 Å². The molecule has 9 nitrogen and oxygen atoms in total. The Morgan fingerprint density at radius 3 is 2.34 bits per heavy atom. The monoisotopic (exact) mass is 436 g/mol. The highest BCUT2D eigenvalue weighted by Crippen LogP contribution is 2.17.